The van der Waals surface area contributed by atoms with Crippen LogP contribution in [0.2, 0.25) is 0 Å². The lowest BCUT2D eigenvalue weighted by Gasteiger charge is -2.11. The summed E-state index contributed by atoms with van der Waals surface area (Å²) >= 11 is 0. The first-order valence-corrected chi connectivity index (χ1v) is 5.46. The van der Waals surface area contributed by atoms with Gasteiger partial charge in [0.1, 0.15) is 5.52 Å². The zero-order valence-electron chi connectivity index (χ0n) is 9.74. The number of nitrogens with zero attached hydrogens (tertiary/aromatic N) is 1. The third-order valence-corrected chi connectivity index (χ3v) is 2.77. The molecule has 15 heavy (non-hydrogen) atoms. The number of hydrogen-bond donors (Lipinski definition) is 0. The molecular formula is C13H17NO. The van der Waals surface area contributed by atoms with Gasteiger partial charge in [-0.2, -0.15) is 0 Å². The van der Waals surface area contributed by atoms with Crippen LogP contribution >= 0.6 is 0 Å². The van der Waals surface area contributed by atoms with Crippen LogP contribution in [0.15, 0.2) is 22.9 Å². The number of rotatable bonds is 2. The van der Waals surface area contributed by atoms with Gasteiger partial charge in [-0.05, 0) is 29.0 Å². The molecule has 2 aromatic rings. The highest BCUT2D eigenvalue weighted by molar-refractivity contribution is 5.77. The second-order valence-electron chi connectivity index (χ2n) is 4.62. The third-order valence-electron chi connectivity index (χ3n) is 2.77. The van der Waals surface area contributed by atoms with Crippen LogP contribution in [0.3, 0.4) is 0 Å². The zero-order chi connectivity index (χ0) is 11.0. The molecule has 0 fully saturated rings. The van der Waals surface area contributed by atoms with Gasteiger partial charge < -0.3 is 4.42 Å². The fourth-order valence-electron chi connectivity index (χ4n) is 1.78. The van der Waals surface area contributed by atoms with Crippen LogP contribution in [-0.4, -0.2) is 4.98 Å². The lowest BCUT2D eigenvalue weighted by Crippen LogP contribution is -1.94. The second kappa shape index (κ2) is 3.69. The molecule has 0 aliphatic heterocycles. The number of fused-ring (bicyclic) bond motifs is 1. The van der Waals surface area contributed by atoms with Gasteiger partial charge in [0.05, 0.1) is 0 Å². The number of aromatic nitrogens is 1. The number of hydrogen-bond acceptors (Lipinski definition) is 2. The van der Waals surface area contributed by atoms with Crippen molar-refractivity contribution in [3.05, 3.63) is 29.7 Å². The van der Waals surface area contributed by atoms with Gasteiger partial charge >= 0.3 is 0 Å². The maximum Gasteiger partial charge on any atom is 0.181 e. The molecule has 1 heterocycles. The molecule has 0 aliphatic rings. The first-order valence-electron chi connectivity index (χ1n) is 5.46. The molecule has 0 radical (unpaired) electrons. The normalized spacial score (nSPS) is 11.9. The second-order valence-corrected chi connectivity index (χ2v) is 4.62. The molecule has 0 atom stereocenters. The van der Waals surface area contributed by atoms with Gasteiger partial charge in [-0.1, -0.05) is 33.8 Å². The molecule has 1 aromatic carbocycles. The van der Waals surface area contributed by atoms with E-state index >= 15 is 0 Å². The van der Waals surface area contributed by atoms with Crippen molar-refractivity contribution in [1.29, 1.82) is 0 Å². The predicted molar refractivity (Wildman–Crippen MR) is 62.2 cm³/mol. The summed E-state index contributed by atoms with van der Waals surface area (Å²) in [6, 6.07) is 4.36. The monoisotopic (exact) mass is 203 g/mol. The van der Waals surface area contributed by atoms with Crippen LogP contribution in [-0.2, 0) is 0 Å². The molecule has 0 saturated carbocycles. The molecule has 2 nitrogen and oxygen atoms in total. The maximum absolute atomic E-state index is 5.43. The zero-order valence-corrected chi connectivity index (χ0v) is 9.74. The predicted octanol–water partition coefficient (Wildman–Crippen LogP) is 4.07. The molecule has 0 saturated heterocycles. The van der Waals surface area contributed by atoms with Crippen molar-refractivity contribution in [2.45, 2.75) is 39.5 Å². The van der Waals surface area contributed by atoms with Gasteiger partial charge in [-0.15, -0.1) is 0 Å². The number of benzene rings is 1. The van der Waals surface area contributed by atoms with E-state index in [0.29, 0.717) is 11.8 Å². The molecule has 1 aromatic heterocycles. The van der Waals surface area contributed by atoms with Crippen molar-refractivity contribution in [1.82, 2.24) is 4.98 Å². The smallest absolute Gasteiger partial charge is 0.181 e. The number of oxazole rings is 1. The van der Waals surface area contributed by atoms with E-state index < -0.39 is 0 Å². The molecule has 2 heteroatoms. The van der Waals surface area contributed by atoms with E-state index in [2.05, 4.69) is 44.8 Å². The molecule has 80 valence electrons. The Hall–Kier alpha value is -1.31. The first kappa shape index (κ1) is 10.2. The van der Waals surface area contributed by atoms with Gasteiger partial charge in [0, 0.05) is 0 Å². The van der Waals surface area contributed by atoms with E-state index in [4.69, 9.17) is 4.42 Å². The molecule has 0 spiro atoms. The van der Waals surface area contributed by atoms with Crippen LogP contribution in [0, 0.1) is 0 Å². The Morgan fingerprint density at radius 2 is 1.80 bits per heavy atom. The molecular weight excluding hydrogens is 186 g/mol. The van der Waals surface area contributed by atoms with Crippen molar-refractivity contribution in [3.63, 3.8) is 0 Å². The Morgan fingerprint density at radius 3 is 2.40 bits per heavy atom. The van der Waals surface area contributed by atoms with Crippen LogP contribution in [0.5, 0.6) is 0 Å². The molecule has 0 bridgehead atoms. The van der Waals surface area contributed by atoms with E-state index in [-0.39, 0.29) is 0 Å². The van der Waals surface area contributed by atoms with Gasteiger partial charge in [-0.25, -0.2) is 4.98 Å². The van der Waals surface area contributed by atoms with Crippen LogP contribution < -0.4 is 0 Å². The molecule has 2 rings (SSSR count). The summed E-state index contributed by atoms with van der Waals surface area (Å²) in [6.45, 7) is 8.76. The SMILES string of the molecule is CC(C)c1cc(C(C)C)c2ocnc2c1. The molecule has 0 N–H and O–H groups in total. The lowest BCUT2D eigenvalue weighted by atomic mass is 9.95. The summed E-state index contributed by atoms with van der Waals surface area (Å²) in [5.74, 6) is 1.00. The largest absolute Gasteiger partial charge is 0.443 e. The van der Waals surface area contributed by atoms with Crippen molar-refractivity contribution in [2.75, 3.05) is 0 Å². The highest BCUT2D eigenvalue weighted by Gasteiger charge is 2.12. The van der Waals surface area contributed by atoms with Crippen molar-refractivity contribution in [3.8, 4) is 0 Å². The van der Waals surface area contributed by atoms with E-state index in [1.54, 1.807) is 0 Å². The minimum atomic E-state index is 0.471. The van der Waals surface area contributed by atoms with Gasteiger partial charge in [0.2, 0.25) is 0 Å². The summed E-state index contributed by atoms with van der Waals surface area (Å²) in [5, 5.41) is 0. The molecule has 0 amide bonds. The van der Waals surface area contributed by atoms with Gasteiger partial charge in [-0.3, -0.25) is 0 Å². The van der Waals surface area contributed by atoms with E-state index in [9.17, 15) is 0 Å². The lowest BCUT2D eigenvalue weighted by molar-refractivity contribution is 0.594. The standard InChI is InChI=1S/C13H17NO/c1-8(2)10-5-11(9(3)4)13-12(6-10)14-7-15-13/h5-9H,1-4H3. The highest BCUT2D eigenvalue weighted by atomic mass is 16.3. The average molecular weight is 203 g/mol. The molecule has 0 unspecified atom stereocenters. The summed E-state index contributed by atoms with van der Waals surface area (Å²) in [5.41, 5.74) is 4.51. The summed E-state index contributed by atoms with van der Waals surface area (Å²) < 4.78 is 5.43. The van der Waals surface area contributed by atoms with E-state index in [1.165, 1.54) is 17.5 Å². The van der Waals surface area contributed by atoms with E-state index in [1.807, 2.05) is 0 Å². The van der Waals surface area contributed by atoms with E-state index in [0.717, 1.165) is 11.1 Å². The highest BCUT2D eigenvalue weighted by Crippen LogP contribution is 2.29. The van der Waals surface area contributed by atoms with Crippen molar-refractivity contribution in [2.24, 2.45) is 0 Å². The van der Waals surface area contributed by atoms with Gasteiger partial charge in [0.25, 0.3) is 0 Å². The Balaban J connectivity index is 2.69. The Bertz CT molecular complexity index is 468. The minimum absolute atomic E-state index is 0.471. The fourth-order valence-corrected chi connectivity index (χ4v) is 1.78. The summed E-state index contributed by atoms with van der Waals surface area (Å²) in [4.78, 5) is 4.24. The van der Waals surface area contributed by atoms with Crippen LogP contribution in [0.25, 0.3) is 11.1 Å². The summed E-state index contributed by atoms with van der Waals surface area (Å²) in [6.07, 6.45) is 1.53. The molecule has 0 aliphatic carbocycles. The Kier molecular flexibility index (Phi) is 2.51. The maximum atomic E-state index is 5.43. The minimum Gasteiger partial charge on any atom is -0.443 e. The summed E-state index contributed by atoms with van der Waals surface area (Å²) in [7, 11) is 0. The topological polar surface area (TPSA) is 26.0 Å². The Morgan fingerprint density at radius 1 is 1.07 bits per heavy atom. The van der Waals surface area contributed by atoms with Crippen LogP contribution in [0.1, 0.15) is 50.7 Å². The quantitative estimate of drug-likeness (QED) is 0.735. The third kappa shape index (κ3) is 1.76. The Labute approximate surface area is 90.3 Å². The van der Waals surface area contributed by atoms with Crippen LogP contribution in [0.4, 0.5) is 0 Å². The fraction of sp³-hybridized carbons (Fsp3) is 0.462. The van der Waals surface area contributed by atoms with Gasteiger partial charge in [0.15, 0.2) is 12.0 Å². The average Bonchev–Trinajstić information content (AvgIpc) is 2.62. The van der Waals surface area contributed by atoms with Crippen molar-refractivity contribution >= 4 is 11.1 Å². The first-order chi connectivity index (χ1) is 7.09. The van der Waals surface area contributed by atoms with Crippen molar-refractivity contribution < 1.29 is 4.42 Å².